The molecule has 270 valence electrons. The maximum absolute atomic E-state index is 13.1. The third kappa shape index (κ3) is 11.0. The number of rotatable bonds is 14. The van der Waals surface area contributed by atoms with Crippen LogP contribution in [0.5, 0.6) is 23.1 Å². The fourth-order valence-corrected chi connectivity index (χ4v) is 6.25. The molecule has 3 heterocycles. The molecule has 9 nitrogen and oxygen atoms in total. The number of hydrogen-bond acceptors (Lipinski definition) is 8. The van der Waals surface area contributed by atoms with Gasteiger partial charge in [0.1, 0.15) is 23.3 Å². The van der Waals surface area contributed by atoms with Gasteiger partial charge in [0.25, 0.3) is 0 Å². The highest BCUT2D eigenvalue weighted by Gasteiger charge is 2.20. The molecule has 0 aliphatic carbocycles. The van der Waals surface area contributed by atoms with Crippen LogP contribution >= 0.6 is 23.2 Å². The molecule has 0 unspecified atom stereocenters. The first-order valence-electron chi connectivity index (χ1n) is 17.4. The summed E-state index contributed by atoms with van der Waals surface area (Å²) in [6.45, 7) is 6.69. The maximum atomic E-state index is 13.1. The highest BCUT2D eigenvalue weighted by Crippen LogP contribution is 2.34. The summed E-state index contributed by atoms with van der Waals surface area (Å²) < 4.78 is 17.6. The van der Waals surface area contributed by atoms with Gasteiger partial charge in [-0.05, 0) is 96.1 Å². The first-order valence-corrected chi connectivity index (χ1v) is 18.1. The molecule has 0 radical (unpaired) electrons. The van der Waals surface area contributed by atoms with Crippen LogP contribution in [0.3, 0.4) is 0 Å². The second-order valence-corrected chi connectivity index (χ2v) is 13.5. The summed E-state index contributed by atoms with van der Waals surface area (Å²) in [6.07, 6.45) is 8.47. The van der Waals surface area contributed by atoms with Crippen molar-refractivity contribution < 1.29 is 19.0 Å². The number of hydrogen-bond donors (Lipinski definition) is 0. The summed E-state index contributed by atoms with van der Waals surface area (Å²) in [6, 6.07) is 28.8. The van der Waals surface area contributed by atoms with Crippen molar-refractivity contribution in [1.29, 1.82) is 5.26 Å². The average molecular weight is 749 g/mol. The Labute approximate surface area is 320 Å². The summed E-state index contributed by atoms with van der Waals surface area (Å²) in [5, 5.41) is 9.83. The number of benzene rings is 3. The smallest absolute Gasteiger partial charge is 0.246 e. The lowest BCUT2D eigenvalue weighted by atomic mass is 10.1. The Balaban J connectivity index is 0.917. The molecule has 0 saturated carbocycles. The minimum Gasteiger partial charge on any atom is -0.492 e. The lowest BCUT2D eigenvalue weighted by molar-refractivity contribution is -0.127. The van der Waals surface area contributed by atoms with Crippen LogP contribution in [0.2, 0.25) is 10.2 Å². The molecule has 0 bridgehead atoms. The molecule has 1 amide bonds. The summed E-state index contributed by atoms with van der Waals surface area (Å²) in [5.74, 6) is 2.16. The van der Waals surface area contributed by atoms with Gasteiger partial charge in [-0.2, -0.15) is 5.26 Å². The minimum atomic E-state index is -0.0231. The van der Waals surface area contributed by atoms with Gasteiger partial charge in [-0.3, -0.25) is 9.69 Å². The second kappa shape index (κ2) is 18.4. The molecule has 5 aromatic rings. The number of nitriles is 1. The third-order valence-corrected chi connectivity index (χ3v) is 9.27. The van der Waals surface area contributed by atoms with Crippen molar-refractivity contribution in [1.82, 2.24) is 19.8 Å². The van der Waals surface area contributed by atoms with Gasteiger partial charge in [-0.1, -0.05) is 59.6 Å². The Bertz CT molecular complexity index is 2020. The van der Waals surface area contributed by atoms with Gasteiger partial charge in [0.2, 0.25) is 11.8 Å². The monoisotopic (exact) mass is 747 g/mol. The fourth-order valence-electron chi connectivity index (χ4n) is 5.82. The van der Waals surface area contributed by atoms with Crippen molar-refractivity contribution in [3.05, 3.63) is 147 Å². The van der Waals surface area contributed by atoms with E-state index in [4.69, 9.17) is 42.7 Å². The Hall–Kier alpha value is -5.40. The van der Waals surface area contributed by atoms with Gasteiger partial charge < -0.3 is 19.1 Å². The Morgan fingerprint density at radius 1 is 0.849 bits per heavy atom. The van der Waals surface area contributed by atoms with Crippen LogP contribution in [0, 0.1) is 18.3 Å². The Morgan fingerprint density at radius 2 is 1.55 bits per heavy atom. The van der Waals surface area contributed by atoms with E-state index in [1.165, 1.54) is 11.1 Å². The van der Waals surface area contributed by atoms with Crippen molar-refractivity contribution in [3.63, 3.8) is 0 Å². The molecular formula is C42H39Cl2N5O4. The number of amides is 1. The van der Waals surface area contributed by atoms with E-state index in [1.54, 1.807) is 60.9 Å². The summed E-state index contributed by atoms with van der Waals surface area (Å²) in [7, 11) is 0. The SMILES string of the molecule is Cc1cc(C=CC(=O)N2CCN(Cc3ccc(CCCOc4ccc(Cl)nc4)cc3)CC2)cc(Cl)c1Oc1ccc(OCc2ccc(C#N)cc2)cn1. The number of aromatic nitrogens is 2. The zero-order chi connectivity index (χ0) is 37.0. The molecule has 11 heteroatoms. The molecule has 1 fully saturated rings. The molecule has 0 atom stereocenters. The topological polar surface area (TPSA) is 101 Å². The standard InChI is InChI=1S/C42H39Cl2N5O4/c1-30-23-35(24-38(43)42(30)53-40-16-14-37(27-47-40)52-29-34-10-6-32(25-45)7-11-34)12-17-41(50)49-20-18-48(19-21-49)28-33-8-4-31(5-9-33)3-2-22-51-36-13-15-39(44)46-26-36/h4-17,23-24,26-27H,2-3,18-22,28-29H2,1H3. The molecule has 0 N–H and O–H groups in total. The lowest BCUT2D eigenvalue weighted by Crippen LogP contribution is -2.47. The van der Waals surface area contributed by atoms with Crippen LogP contribution in [0.1, 0.15) is 39.8 Å². The minimum absolute atomic E-state index is 0.0231. The number of ether oxygens (including phenoxy) is 3. The van der Waals surface area contributed by atoms with Crippen molar-refractivity contribution in [3.8, 4) is 29.2 Å². The number of halogens is 2. The van der Waals surface area contributed by atoms with E-state index < -0.39 is 0 Å². The molecule has 1 aliphatic heterocycles. The van der Waals surface area contributed by atoms with Gasteiger partial charge in [0.05, 0.1) is 35.7 Å². The van der Waals surface area contributed by atoms with Gasteiger partial charge in [-0.25, -0.2) is 9.97 Å². The van der Waals surface area contributed by atoms with E-state index in [2.05, 4.69) is 45.2 Å². The predicted molar refractivity (Wildman–Crippen MR) is 206 cm³/mol. The van der Waals surface area contributed by atoms with Crippen LogP contribution < -0.4 is 14.2 Å². The number of pyridine rings is 2. The molecule has 6 rings (SSSR count). The van der Waals surface area contributed by atoms with E-state index in [9.17, 15) is 4.79 Å². The first kappa shape index (κ1) is 37.4. The van der Waals surface area contributed by atoms with Gasteiger partial charge in [-0.15, -0.1) is 0 Å². The van der Waals surface area contributed by atoms with Crippen LogP contribution in [0.4, 0.5) is 0 Å². The zero-order valence-electron chi connectivity index (χ0n) is 29.4. The molecular weight excluding hydrogens is 709 g/mol. The molecule has 1 aliphatic rings. The highest BCUT2D eigenvalue weighted by molar-refractivity contribution is 6.32. The van der Waals surface area contributed by atoms with E-state index >= 15 is 0 Å². The quantitative estimate of drug-likeness (QED) is 0.0632. The number of nitrogens with zero attached hydrogens (tertiary/aromatic N) is 5. The molecule has 3 aromatic carbocycles. The van der Waals surface area contributed by atoms with Crippen LogP contribution in [0.25, 0.3) is 6.08 Å². The summed E-state index contributed by atoms with van der Waals surface area (Å²) >= 11 is 12.4. The van der Waals surface area contributed by atoms with Crippen LogP contribution in [-0.2, 0) is 24.4 Å². The lowest BCUT2D eigenvalue weighted by Gasteiger charge is -2.34. The normalized spacial score (nSPS) is 13.1. The van der Waals surface area contributed by atoms with Gasteiger partial charge in [0.15, 0.2) is 5.75 Å². The summed E-state index contributed by atoms with van der Waals surface area (Å²) in [5.41, 5.74) is 5.71. The number of carbonyl (C=O) groups excluding carboxylic acids is 1. The average Bonchev–Trinajstić information content (AvgIpc) is 3.18. The van der Waals surface area contributed by atoms with E-state index in [1.807, 2.05) is 36.1 Å². The Morgan fingerprint density at radius 3 is 2.23 bits per heavy atom. The molecule has 2 aromatic heterocycles. The Kier molecular flexibility index (Phi) is 13.0. The van der Waals surface area contributed by atoms with Crippen LogP contribution in [-0.4, -0.2) is 58.5 Å². The summed E-state index contributed by atoms with van der Waals surface area (Å²) in [4.78, 5) is 25.7. The third-order valence-electron chi connectivity index (χ3n) is 8.77. The zero-order valence-corrected chi connectivity index (χ0v) is 30.9. The highest BCUT2D eigenvalue weighted by atomic mass is 35.5. The number of aryl methyl sites for hydroxylation is 2. The molecule has 0 spiro atoms. The molecule has 53 heavy (non-hydrogen) atoms. The van der Waals surface area contributed by atoms with E-state index in [-0.39, 0.29) is 5.91 Å². The van der Waals surface area contributed by atoms with Crippen molar-refractivity contribution >= 4 is 35.2 Å². The van der Waals surface area contributed by atoms with Crippen molar-refractivity contribution in [2.24, 2.45) is 0 Å². The van der Waals surface area contributed by atoms with Crippen LogP contribution in [0.15, 0.2) is 103 Å². The largest absolute Gasteiger partial charge is 0.492 e. The van der Waals surface area contributed by atoms with Crippen molar-refractivity contribution in [2.45, 2.75) is 32.9 Å². The van der Waals surface area contributed by atoms with Gasteiger partial charge >= 0.3 is 0 Å². The maximum Gasteiger partial charge on any atom is 0.246 e. The van der Waals surface area contributed by atoms with E-state index in [0.717, 1.165) is 54.9 Å². The molecule has 1 saturated heterocycles. The van der Waals surface area contributed by atoms with Crippen molar-refractivity contribution in [2.75, 3.05) is 32.8 Å². The van der Waals surface area contributed by atoms with E-state index in [0.29, 0.717) is 59.4 Å². The predicted octanol–water partition coefficient (Wildman–Crippen LogP) is 8.70. The second-order valence-electron chi connectivity index (χ2n) is 12.7. The van der Waals surface area contributed by atoms with Gasteiger partial charge in [0, 0.05) is 44.9 Å². The number of piperazine rings is 1. The number of carbonyl (C=O) groups is 1. The first-order chi connectivity index (χ1) is 25.8. The fraction of sp³-hybridized carbons (Fsp3) is 0.238.